The van der Waals surface area contributed by atoms with E-state index >= 15 is 0 Å². The van der Waals surface area contributed by atoms with Gasteiger partial charge in [0.15, 0.2) is 0 Å². The van der Waals surface area contributed by atoms with Crippen molar-refractivity contribution in [1.82, 2.24) is 10.2 Å². The third kappa shape index (κ3) is 2.97. The quantitative estimate of drug-likeness (QED) is 0.768. The number of hydrogen-bond acceptors (Lipinski definition) is 2. The molecule has 0 saturated heterocycles. The summed E-state index contributed by atoms with van der Waals surface area (Å²) in [5.74, 6) is -0.220. The summed E-state index contributed by atoms with van der Waals surface area (Å²) in [5, 5.41) is 9.11. The molecular weight excluding hydrogens is 418 g/mol. The molecule has 0 fully saturated rings. The normalized spacial score (nSPS) is 10.3. The predicted octanol–water partition coefficient (Wildman–Crippen LogP) is 3.95. The molecule has 0 aliphatic carbocycles. The number of aromatic amines is 1. The summed E-state index contributed by atoms with van der Waals surface area (Å²) < 4.78 is 2.49. The molecule has 0 spiro atoms. The monoisotopic (exact) mass is 421 g/mol. The number of benzene rings is 1. The van der Waals surface area contributed by atoms with Gasteiger partial charge in [-0.1, -0.05) is 15.9 Å². The van der Waals surface area contributed by atoms with Crippen LogP contribution in [0.1, 0.15) is 10.4 Å². The Balaban J connectivity index is 2.28. The summed E-state index contributed by atoms with van der Waals surface area (Å²) in [4.78, 5) is 11.8. The molecular formula is C10H6Br3N3O. The van der Waals surface area contributed by atoms with Gasteiger partial charge in [-0.05, 0) is 44.0 Å². The highest BCUT2D eigenvalue weighted by Gasteiger charge is 2.12. The Hall–Kier alpha value is -0.660. The molecule has 2 rings (SSSR count). The van der Waals surface area contributed by atoms with Gasteiger partial charge in [-0.3, -0.25) is 9.89 Å². The molecule has 0 atom stereocenters. The lowest BCUT2D eigenvalue weighted by atomic mass is 10.3. The van der Waals surface area contributed by atoms with Gasteiger partial charge in [-0.2, -0.15) is 5.10 Å². The van der Waals surface area contributed by atoms with Crippen molar-refractivity contribution < 1.29 is 4.79 Å². The minimum Gasteiger partial charge on any atom is -0.320 e. The summed E-state index contributed by atoms with van der Waals surface area (Å²) in [6.45, 7) is 0. The molecule has 0 radical (unpaired) electrons. The van der Waals surface area contributed by atoms with Crippen LogP contribution in [-0.4, -0.2) is 16.1 Å². The summed E-state index contributed by atoms with van der Waals surface area (Å²) in [6.07, 6.45) is 3.01. The van der Waals surface area contributed by atoms with Crippen LogP contribution in [0.15, 0.2) is 37.9 Å². The number of H-pyrrole nitrogens is 1. The molecule has 1 aromatic carbocycles. The van der Waals surface area contributed by atoms with Crippen molar-refractivity contribution in [2.75, 3.05) is 5.32 Å². The van der Waals surface area contributed by atoms with Crippen LogP contribution in [0.3, 0.4) is 0 Å². The number of rotatable bonds is 2. The lowest BCUT2D eigenvalue weighted by Crippen LogP contribution is -2.11. The van der Waals surface area contributed by atoms with E-state index in [-0.39, 0.29) is 5.91 Å². The van der Waals surface area contributed by atoms with Crippen molar-refractivity contribution in [2.24, 2.45) is 0 Å². The highest BCUT2D eigenvalue weighted by molar-refractivity contribution is 9.11. The van der Waals surface area contributed by atoms with E-state index in [1.807, 2.05) is 12.1 Å². The Kier molecular flexibility index (Phi) is 4.01. The SMILES string of the molecule is O=C(Nc1c(Br)cc(Br)cc1Br)c1cn[nH]c1. The summed E-state index contributed by atoms with van der Waals surface area (Å²) in [5.41, 5.74) is 1.16. The Bertz CT molecular complexity index is 531. The number of carbonyl (C=O) groups excluding carboxylic acids is 1. The molecule has 2 aromatic rings. The molecule has 1 heterocycles. The van der Waals surface area contributed by atoms with Crippen LogP contribution >= 0.6 is 47.8 Å². The minimum atomic E-state index is -0.220. The maximum absolute atomic E-state index is 11.8. The van der Waals surface area contributed by atoms with Gasteiger partial charge >= 0.3 is 0 Å². The lowest BCUT2D eigenvalue weighted by molar-refractivity contribution is 0.102. The van der Waals surface area contributed by atoms with E-state index in [0.29, 0.717) is 11.3 Å². The first kappa shape index (κ1) is 12.8. The zero-order valence-corrected chi connectivity index (χ0v) is 13.1. The first-order valence-electron chi connectivity index (χ1n) is 4.52. The van der Waals surface area contributed by atoms with Gasteiger partial charge in [0.05, 0.1) is 17.4 Å². The topological polar surface area (TPSA) is 57.8 Å². The minimum absolute atomic E-state index is 0.220. The Morgan fingerprint density at radius 1 is 1.24 bits per heavy atom. The third-order valence-electron chi connectivity index (χ3n) is 2.01. The van der Waals surface area contributed by atoms with Crippen LogP contribution in [0.2, 0.25) is 0 Å². The third-order valence-corrected chi connectivity index (χ3v) is 3.71. The second-order valence-electron chi connectivity index (χ2n) is 3.19. The molecule has 1 amide bonds. The molecule has 0 aliphatic rings. The number of anilines is 1. The molecule has 88 valence electrons. The van der Waals surface area contributed by atoms with Gasteiger partial charge in [0.2, 0.25) is 0 Å². The van der Waals surface area contributed by atoms with E-state index in [2.05, 4.69) is 63.3 Å². The van der Waals surface area contributed by atoms with Crippen molar-refractivity contribution in [3.05, 3.63) is 43.5 Å². The zero-order valence-electron chi connectivity index (χ0n) is 8.30. The number of nitrogens with zero attached hydrogens (tertiary/aromatic N) is 1. The molecule has 0 saturated carbocycles. The van der Waals surface area contributed by atoms with E-state index in [1.165, 1.54) is 12.4 Å². The maximum Gasteiger partial charge on any atom is 0.258 e. The van der Waals surface area contributed by atoms with Gasteiger partial charge < -0.3 is 5.32 Å². The number of amides is 1. The molecule has 0 unspecified atom stereocenters. The van der Waals surface area contributed by atoms with Crippen LogP contribution in [-0.2, 0) is 0 Å². The van der Waals surface area contributed by atoms with Gasteiger partial charge in [0, 0.05) is 19.6 Å². The maximum atomic E-state index is 11.8. The van der Waals surface area contributed by atoms with Crippen LogP contribution < -0.4 is 5.32 Å². The lowest BCUT2D eigenvalue weighted by Gasteiger charge is -2.09. The largest absolute Gasteiger partial charge is 0.320 e. The molecule has 4 nitrogen and oxygen atoms in total. The number of aromatic nitrogens is 2. The molecule has 2 N–H and O–H groups in total. The predicted molar refractivity (Wildman–Crippen MR) is 76.1 cm³/mol. The highest BCUT2D eigenvalue weighted by Crippen LogP contribution is 2.34. The van der Waals surface area contributed by atoms with Crippen molar-refractivity contribution in [3.8, 4) is 0 Å². The van der Waals surface area contributed by atoms with Crippen LogP contribution in [0.5, 0.6) is 0 Å². The zero-order chi connectivity index (χ0) is 12.4. The Morgan fingerprint density at radius 2 is 1.88 bits per heavy atom. The first-order chi connectivity index (χ1) is 8.08. The Morgan fingerprint density at radius 3 is 2.41 bits per heavy atom. The fourth-order valence-electron chi connectivity index (χ4n) is 1.22. The van der Waals surface area contributed by atoms with Gasteiger partial charge in [-0.15, -0.1) is 0 Å². The number of hydrogen-bond donors (Lipinski definition) is 2. The highest BCUT2D eigenvalue weighted by atomic mass is 79.9. The first-order valence-corrected chi connectivity index (χ1v) is 6.90. The average molecular weight is 424 g/mol. The molecule has 0 bridgehead atoms. The van der Waals surface area contributed by atoms with Gasteiger partial charge in [0.1, 0.15) is 0 Å². The molecule has 17 heavy (non-hydrogen) atoms. The van der Waals surface area contributed by atoms with E-state index in [9.17, 15) is 4.79 Å². The number of nitrogens with one attached hydrogen (secondary N) is 2. The number of carbonyl (C=O) groups is 1. The van der Waals surface area contributed by atoms with Crippen molar-refractivity contribution in [2.45, 2.75) is 0 Å². The number of halogens is 3. The van der Waals surface area contributed by atoms with E-state index in [4.69, 9.17) is 0 Å². The fourth-order valence-corrected chi connectivity index (χ4v) is 3.68. The van der Waals surface area contributed by atoms with Crippen LogP contribution in [0, 0.1) is 0 Å². The van der Waals surface area contributed by atoms with Gasteiger partial charge in [-0.25, -0.2) is 0 Å². The summed E-state index contributed by atoms with van der Waals surface area (Å²) >= 11 is 10.1. The van der Waals surface area contributed by atoms with Gasteiger partial charge in [0.25, 0.3) is 5.91 Å². The second-order valence-corrected chi connectivity index (χ2v) is 5.81. The second kappa shape index (κ2) is 5.32. The van der Waals surface area contributed by atoms with E-state index in [0.717, 1.165) is 13.4 Å². The molecule has 1 aromatic heterocycles. The fraction of sp³-hybridized carbons (Fsp3) is 0. The van der Waals surface area contributed by atoms with Crippen LogP contribution in [0.4, 0.5) is 5.69 Å². The van der Waals surface area contributed by atoms with E-state index in [1.54, 1.807) is 0 Å². The average Bonchev–Trinajstić information content (AvgIpc) is 2.76. The standard InChI is InChI=1S/C10H6Br3N3O/c11-6-1-7(12)9(8(13)2-6)16-10(17)5-3-14-15-4-5/h1-4H,(H,14,15)(H,16,17). The molecule has 7 heteroatoms. The summed E-state index contributed by atoms with van der Waals surface area (Å²) in [7, 11) is 0. The summed E-state index contributed by atoms with van der Waals surface area (Å²) in [6, 6.07) is 3.71. The smallest absolute Gasteiger partial charge is 0.258 e. The van der Waals surface area contributed by atoms with Crippen LogP contribution in [0.25, 0.3) is 0 Å². The van der Waals surface area contributed by atoms with E-state index < -0.39 is 0 Å². The Labute approximate surface area is 123 Å². The van der Waals surface area contributed by atoms with Crippen molar-refractivity contribution in [3.63, 3.8) is 0 Å². The molecule has 0 aliphatic heterocycles. The van der Waals surface area contributed by atoms with Crippen molar-refractivity contribution >= 4 is 59.4 Å². The van der Waals surface area contributed by atoms with Crippen molar-refractivity contribution in [1.29, 1.82) is 0 Å².